The monoisotopic (exact) mass is 477 g/mol. The molecule has 7 heteroatoms. The van der Waals surface area contributed by atoms with Crippen molar-refractivity contribution in [1.82, 2.24) is 5.32 Å². The SMILES string of the molecule is C=CCOC(=O)[C@@H](NCc1ccc(OCCCCC(=O)OCC[Si](C)(C)C)cc1)[C@@H](C)CC. The molecule has 1 aromatic rings. The largest absolute Gasteiger partial charge is 0.494 e. The second kappa shape index (κ2) is 15.7. The van der Waals surface area contributed by atoms with Crippen molar-refractivity contribution in [2.45, 2.75) is 77.8 Å². The van der Waals surface area contributed by atoms with E-state index in [1.165, 1.54) is 0 Å². The summed E-state index contributed by atoms with van der Waals surface area (Å²) in [4.78, 5) is 24.1. The number of benzene rings is 1. The average Bonchev–Trinajstić information content (AvgIpc) is 2.77. The van der Waals surface area contributed by atoms with Crippen molar-refractivity contribution in [2.24, 2.45) is 5.92 Å². The zero-order chi connectivity index (χ0) is 24.7. The first kappa shape index (κ1) is 28.9. The van der Waals surface area contributed by atoms with Crippen molar-refractivity contribution in [3.63, 3.8) is 0 Å². The van der Waals surface area contributed by atoms with Gasteiger partial charge in [-0.1, -0.05) is 64.7 Å². The first-order valence-corrected chi connectivity index (χ1v) is 15.7. The molecular weight excluding hydrogens is 434 g/mol. The van der Waals surface area contributed by atoms with Crippen LogP contribution in [0.25, 0.3) is 0 Å². The van der Waals surface area contributed by atoms with Crippen LogP contribution in [0.15, 0.2) is 36.9 Å². The Bertz CT molecular complexity index is 714. The highest BCUT2D eigenvalue weighted by atomic mass is 28.3. The van der Waals surface area contributed by atoms with Crippen LogP contribution in [0.5, 0.6) is 5.75 Å². The summed E-state index contributed by atoms with van der Waals surface area (Å²) in [5.74, 6) is 0.598. The Kier molecular flexibility index (Phi) is 13.7. The Morgan fingerprint density at radius 3 is 2.39 bits per heavy atom. The van der Waals surface area contributed by atoms with Crippen LogP contribution in [-0.2, 0) is 25.6 Å². The van der Waals surface area contributed by atoms with Crippen molar-refractivity contribution < 1.29 is 23.8 Å². The van der Waals surface area contributed by atoms with Crippen LogP contribution in [-0.4, -0.2) is 45.9 Å². The van der Waals surface area contributed by atoms with Gasteiger partial charge in [0.1, 0.15) is 18.4 Å². The lowest BCUT2D eigenvalue weighted by atomic mass is 9.99. The van der Waals surface area contributed by atoms with Crippen LogP contribution in [0.2, 0.25) is 25.7 Å². The molecule has 0 saturated heterocycles. The molecule has 0 aliphatic carbocycles. The summed E-state index contributed by atoms with van der Waals surface area (Å²) >= 11 is 0. The minimum atomic E-state index is -1.16. The van der Waals surface area contributed by atoms with E-state index in [4.69, 9.17) is 14.2 Å². The summed E-state index contributed by atoms with van der Waals surface area (Å²) < 4.78 is 16.3. The van der Waals surface area contributed by atoms with E-state index in [0.29, 0.717) is 26.2 Å². The molecule has 0 unspecified atom stereocenters. The Morgan fingerprint density at radius 1 is 1.09 bits per heavy atom. The molecule has 0 aliphatic rings. The molecule has 0 aromatic heterocycles. The Hall–Kier alpha value is -2.12. The number of hydrogen-bond donors (Lipinski definition) is 1. The molecule has 1 rings (SSSR count). The summed E-state index contributed by atoms with van der Waals surface area (Å²) in [6, 6.07) is 8.48. The first-order chi connectivity index (χ1) is 15.7. The first-order valence-electron chi connectivity index (χ1n) is 12.0. The van der Waals surface area contributed by atoms with Gasteiger partial charge >= 0.3 is 11.9 Å². The van der Waals surface area contributed by atoms with Crippen LogP contribution in [0.3, 0.4) is 0 Å². The number of unbranched alkanes of at least 4 members (excludes halogenated alkanes) is 1. The fourth-order valence-corrected chi connectivity index (χ4v) is 3.73. The molecule has 2 atom stereocenters. The molecule has 1 aromatic carbocycles. The van der Waals surface area contributed by atoms with E-state index in [-0.39, 0.29) is 30.5 Å². The fourth-order valence-electron chi connectivity index (χ4n) is 3.02. The van der Waals surface area contributed by atoms with Crippen LogP contribution in [0, 0.1) is 5.92 Å². The van der Waals surface area contributed by atoms with Gasteiger partial charge in [0.05, 0.1) is 13.2 Å². The predicted molar refractivity (Wildman–Crippen MR) is 136 cm³/mol. The maximum atomic E-state index is 12.3. The average molecular weight is 478 g/mol. The molecule has 0 bridgehead atoms. The second-order valence-electron chi connectivity index (χ2n) is 9.64. The molecule has 0 spiro atoms. The molecule has 186 valence electrons. The Labute approximate surface area is 201 Å². The maximum Gasteiger partial charge on any atom is 0.323 e. The van der Waals surface area contributed by atoms with Crippen LogP contribution in [0.4, 0.5) is 0 Å². The van der Waals surface area contributed by atoms with Crippen molar-refractivity contribution in [3.05, 3.63) is 42.5 Å². The fraction of sp³-hybridized carbons (Fsp3) is 0.615. The number of nitrogens with one attached hydrogen (secondary N) is 1. The van der Waals surface area contributed by atoms with Gasteiger partial charge in [-0.15, -0.1) is 0 Å². The number of ether oxygens (including phenoxy) is 3. The zero-order valence-corrected chi connectivity index (χ0v) is 22.2. The number of carbonyl (C=O) groups is 2. The van der Waals surface area contributed by atoms with Gasteiger partial charge < -0.3 is 19.5 Å². The molecule has 0 radical (unpaired) electrons. The number of rotatable bonds is 17. The Morgan fingerprint density at radius 2 is 1.79 bits per heavy atom. The van der Waals surface area contributed by atoms with Crippen molar-refractivity contribution in [3.8, 4) is 5.75 Å². The van der Waals surface area contributed by atoms with Gasteiger partial charge in [-0.3, -0.25) is 9.59 Å². The van der Waals surface area contributed by atoms with Crippen molar-refractivity contribution in [2.75, 3.05) is 19.8 Å². The molecule has 33 heavy (non-hydrogen) atoms. The third kappa shape index (κ3) is 13.2. The van der Waals surface area contributed by atoms with E-state index in [1.807, 2.05) is 31.2 Å². The van der Waals surface area contributed by atoms with Crippen molar-refractivity contribution in [1.29, 1.82) is 0 Å². The molecule has 0 amide bonds. The lowest BCUT2D eigenvalue weighted by molar-refractivity contribution is -0.146. The molecule has 0 fully saturated rings. The standard InChI is InChI=1S/C26H43NO5Si/c1-7-16-32-26(29)25(21(3)8-2)27-20-22-12-14-23(15-13-22)30-17-10-9-11-24(28)31-18-19-33(4,5)6/h7,12-15,21,25,27H,1,8-11,16-20H2,2-6H3/t21-,25-/m0/s1. The summed E-state index contributed by atoms with van der Waals surface area (Å²) in [5, 5.41) is 3.32. The molecule has 0 saturated carbocycles. The molecule has 0 aliphatic heterocycles. The highest BCUT2D eigenvalue weighted by molar-refractivity contribution is 6.76. The van der Waals surface area contributed by atoms with E-state index in [0.717, 1.165) is 36.6 Å². The minimum absolute atomic E-state index is 0.117. The second-order valence-corrected chi connectivity index (χ2v) is 15.3. The summed E-state index contributed by atoms with van der Waals surface area (Å²) in [6.45, 7) is 16.4. The summed E-state index contributed by atoms with van der Waals surface area (Å²) in [5.41, 5.74) is 1.06. The van der Waals surface area contributed by atoms with E-state index in [1.54, 1.807) is 6.08 Å². The van der Waals surface area contributed by atoms with Crippen LogP contribution >= 0.6 is 0 Å². The predicted octanol–water partition coefficient (Wildman–Crippen LogP) is 5.35. The lowest BCUT2D eigenvalue weighted by Crippen LogP contribution is -2.42. The topological polar surface area (TPSA) is 73.9 Å². The maximum absolute atomic E-state index is 12.3. The van der Waals surface area contributed by atoms with Crippen LogP contribution < -0.4 is 10.1 Å². The van der Waals surface area contributed by atoms with E-state index < -0.39 is 8.07 Å². The van der Waals surface area contributed by atoms with Crippen molar-refractivity contribution >= 4 is 20.0 Å². The molecule has 6 nitrogen and oxygen atoms in total. The van der Waals surface area contributed by atoms with Gasteiger partial charge in [0, 0.05) is 21.0 Å². The van der Waals surface area contributed by atoms with Gasteiger partial charge in [0.15, 0.2) is 0 Å². The van der Waals surface area contributed by atoms with E-state index in [9.17, 15) is 9.59 Å². The minimum Gasteiger partial charge on any atom is -0.494 e. The van der Waals surface area contributed by atoms with Gasteiger partial charge in [-0.25, -0.2) is 0 Å². The summed E-state index contributed by atoms with van der Waals surface area (Å²) in [6.07, 6.45) is 4.45. The summed E-state index contributed by atoms with van der Waals surface area (Å²) in [7, 11) is -1.16. The Balaban J connectivity index is 2.32. The van der Waals surface area contributed by atoms with E-state index >= 15 is 0 Å². The highest BCUT2D eigenvalue weighted by Crippen LogP contribution is 2.15. The smallest absolute Gasteiger partial charge is 0.323 e. The quantitative estimate of drug-likeness (QED) is 0.141. The molecule has 1 N–H and O–H groups in total. The van der Waals surface area contributed by atoms with Crippen LogP contribution in [0.1, 0.15) is 45.1 Å². The zero-order valence-electron chi connectivity index (χ0n) is 21.2. The third-order valence-corrected chi connectivity index (χ3v) is 7.12. The van der Waals surface area contributed by atoms with Gasteiger partial charge in [-0.2, -0.15) is 0 Å². The normalized spacial score (nSPS) is 13.1. The number of esters is 2. The van der Waals surface area contributed by atoms with Gasteiger partial charge in [-0.05, 0) is 42.5 Å². The van der Waals surface area contributed by atoms with Gasteiger partial charge in [0.2, 0.25) is 0 Å². The van der Waals surface area contributed by atoms with E-state index in [2.05, 4.69) is 38.5 Å². The number of hydrogen-bond acceptors (Lipinski definition) is 6. The molecule has 0 heterocycles. The highest BCUT2D eigenvalue weighted by Gasteiger charge is 2.24. The molecular formula is C26H43NO5Si. The number of carbonyl (C=O) groups excluding carboxylic acids is 2. The van der Waals surface area contributed by atoms with Gasteiger partial charge in [0.25, 0.3) is 0 Å². The lowest BCUT2D eigenvalue weighted by Gasteiger charge is -2.22. The third-order valence-electron chi connectivity index (χ3n) is 5.42.